The minimum absolute atomic E-state index is 0.244. The van der Waals surface area contributed by atoms with Gasteiger partial charge in [0.05, 0.1) is 5.56 Å². The Morgan fingerprint density at radius 2 is 1.87 bits per heavy atom. The molecule has 0 bridgehead atoms. The Kier molecular flexibility index (Phi) is 3.11. The van der Waals surface area contributed by atoms with Gasteiger partial charge >= 0.3 is 0 Å². The van der Waals surface area contributed by atoms with Crippen molar-refractivity contribution in [3.63, 3.8) is 0 Å². The van der Waals surface area contributed by atoms with E-state index in [2.05, 4.69) is 10.3 Å². The van der Waals surface area contributed by atoms with Crippen molar-refractivity contribution in [2.45, 2.75) is 31.5 Å². The van der Waals surface area contributed by atoms with Crippen molar-refractivity contribution >= 4 is 11.6 Å². The topological polar surface area (TPSA) is 80.4 Å². The van der Waals surface area contributed by atoms with Crippen molar-refractivity contribution in [1.82, 2.24) is 4.98 Å². The van der Waals surface area contributed by atoms with E-state index in [1.165, 1.54) is 18.3 Å². The molecule has 1 amide bonds. The summed E-state index contributed by atoms with van der Waals surface area (Å²) in [6.07, 6.45) is 5.37. The third-order valence-electron chi connectivity index (χ3n) is 4.21. The maximum absolute atomic E-state index is 12.2. The van der Waals surface area contributed by atoms with E-state index >= 15 is 0 Å². The summed E-state index contributed by atoms with van der Waals surface area (Å²) in [6, 6.07) is 8.16. The normalized spacial score (nSPS) is 17.4. The zero-order valence-corrected chi connectivity index (χ0v) is 12.4. The average molecular weight is 312 g/mol. The van der Waals surface area contributed by atoms with Crippen LogP contribution in [0.15, 0.2) is 41.3 Å². The third-order valence-corrected chi connectivity index (χ3v) is 4.21. The van der Waals surface area contributed by atoms with Crippen molar-refractivity contribution < 1.29 is 14.3 Å². The zero-order chi connectivity index (χ0) is 15.9. The molecule has 1 aliphatic heterocycles. The Morgan fingerprint density at radius 1 is 1.09 bits per heavy atom. The van der Waals surface area contributed by atoms with Crippen molar-refractivity contribution in [3.8, 4) is 11.5 Å². The molecule has 6 heteroatoms. The molecular formula is C17H16N2O4. The molecule has 23 heavy (non-hydrogen) atoms. The summed E-state index contributed by atoms with van der Waals surface area (Å²) in [6.45, 7) is 0. The number of nitrogens with one attached hydrogen (secondary N) is 2. The lowest BCUT2D eigenvalue weighted by Crippen LogP contribution is -2.34. The van der Waals surface area contributed by atoms with Crippen LogP contribution in [-0.2, 0) is 0 Å². The summed E-state index contributed by atoms with van der Waals surface area (Å²) in [7, 11) is 0. The number of benzene rings is 1. The lowest BCUT2D eigenvalue weighted by Gasteiger charge is -2.21. The maximum Gasteiger partial charge on any atom is 0.257 e. The molecule has 0 atom stereocenters. The number of aromatic nitrogens is 1. The first kappa shape index (κ1) is 13.9. The van der Waals surface area contributed by atoms with E-state index in [9.17, 15) is 9.59 Å². The molecule has 1 aromatic carbocycles. The maximum atomic E-state index is 12.2. The van der Waals surface area contributed by atoms with Crippen LogP contribution in [0, 0.1) is 0 Å². The van der Waals surface area contributed by atoms with Crippen LogP contribution in [0.1, 0.15) is 36.0 Å². The van der Waals surface area contributed by atoms with Crippen molar-refractivity contribution in [1.29, 1.82) is 0 Å². The number of anilines is 1. The van der Waals surface area contributed by atoms with Crippen LogP contribution in [0.25, 0.3) is 0 Å². The van der Waals surface area contributed by atoms with Gasteiger partial charge in [-0.1, -0.05) is 0 Å². The highest BCUT2D eigenvalue weighted by molar-refractivity contribution is 6.04. The third kappa shape index (κ3) is 2.56. The fraction of sp³-hybridized carbons (Fsp3) is 0.294. The zero-order valence-electron chi connectivity index (χ0n) is 12.4. The monoisotopic (exact) mass is 312 g/mol. The van der Waals surface area contributed by atoms with Crippen LogP contribution in [0.2, 0.25) is 0 Å². The highest BCUT2D eigenvalue weighted by Gasteiger charge is 2.44. The molecule has 1 spiro atoms. The van der Waals surface area contributed by atoms with Gasteiger partial charge in [0.15, 0.2) is 11.5 Å². The molecule has 4 rings (SSSR count). The summed E-state index contributed by atoms with van der Waals surface area (Å²) in [5.74, 6) is 0.569. The van der Waals surface area contributed by atoms with Gasteiger partial charge in [-0.15, -0.1) is 0 Å². The van der Waals surface area contributed by atoms with E-state index in [1.54, 1.807) is 12.1 Å². The highest BCUT2D eigenvalue weighted by atomic mass is 16.7. The van der Waals surface area contributed by atoms with E-state index in [1.807, 2.05) is 6.07 Å². The fourth-order valence-corrected chi connectivity index (χ4v) is 3.04. The average Bonchev–Trinajstić information content (AvgIpc) is 3.14. The number of H-pyrrole nitrogens is 1. The number of hydrogen-bond acceptors (Lipinski definition) is 4. The lowest BCUT2D eigenvalue weighted by atomic mass is 10.2. The van der Waals surface area contributed by atoms with Gasteiger partial charge in [-0.2, -0.15) is 0 Å². The molecule has 1 saturated carbocycles. The fourth-order valence-electron chi connectivity index (χ4n) is 3.04. The van der Waals surface area contributed by atoms with E-state index in [4.69, 9.17) is 9.47 Å². The first-order valence-corrected chi connectivity index (χ1v) is 7.66. The van der Waals surface area contributed by atoms with Crippen molar-refractivity contribution in [3.05, 3.63) is 52.4 Å². The first-order valence-electron chi connectivity index (χ1n) is 7.66. The van der Waals surface area contributed by atoms with Crippen molar-refractivity contribution in [2.75, 3.05) is 5.32 Å². The molecule has 2 N–H and O–H groups in total. The van der Waals surface area contributed by atoms with Crippen LogP contribution in [0.3, 0.4) is 0 Å². The number of rotatable bonds is 2. The van der Waals surface area contributed by atoms with Gasteiger partial charge in [0, 0.05) is 36.9 Å². The predicted octanol–water partition coefficient (Wildman–Crippen LogP) is 2.67. The molecule has 0 saturated heterocycles. The summed E-state index contributed by atoms with van der Waals surface area (Å²) < 4.78 is 11.9. The molecule has 1 aliphatic carbocycles. The Bertz CT molecular complexity index is 801. The quantitative estimate of drug-likeness (QED) is 0.893. The lowest BCUT2D eigenvalue weighted by molar-refractivity contribution is -0.0716. The van der Waals surface area contributed by atoms with Crippen LogP contribution in [-0.4, -0.2) is 16.7 Å². The molecule has 118 valence electrons. The minimum Gasteiger partial charge on any atom is -0.448 e. The molecule has 2 aromatic rings. The predicted molar refractivity (Wildman–Crippen MR) is 83.9 cm³/mol. The SMILES string of the molecule is O=C(Nc1ccc2c(c1)OC1(CCCC1)O2)c1ccc(=O)[nH]c1. The van der Waals surface area contributed by atoms with E-state index in [-0.39, 0.29) is 11.5 Å². The standard InChI is InChI=1S/C17H16N2O4/c20-15-6-3-11(10-18-15)16(21)19-12-4-5-13-14(9-12)23-17(22-13)7-1-2-8-17/h3-6,9-10H,1-2,7-8H2,(H,18,20)(H,19,21). The molecule has 0 unspecified atom stereocenters. The van der Waals surface area contributed by atoms with Crippen LogP contribution in [0.4, 0.5) is 5.69 Å². The molecule has 0 radical (unpaired) electrons. The molecule has 2 aliphatic rings. The van der Waals surface area contributed by atoms with Gasteiger partial charge in [-0.3, -0.25) is 9.59 Å². The Labute approximate surface area is 132 Å². The number of hydrogen-bond donors (Lipinski definition) is 2. The number of amides is 1. The van der Waals surface area contributed by atoms with E-state index in [0.717, 1.165) is 25.7 Å². The Balaban J connectivity index is 1.52. The second-order valence-corrected chi connectivity index (χ2v) is 5.88. The number of pyridine rings is 1. The molecule has 2 heterocycles. The number of fused-ring (bicyclic) bond motifs is 1. The molecular weight excluding hydrogens is 296 g/mol. The van der Waals surface area contributed by atoms with E-state index in [0.29, 0.717) is 22.7 Å². The Hall–Kier alpha value is -2.76. The van der Waals surface area contributed by atoms with E-state index < -0.39 is 5.79 Å². The van der Waals surface area contributed by atoms with Gasteiger partial charge in [0.25, 0.3) is 11.7 Å². The van der Waals surface area contributed by atoms with Crippen LogP contribution < -0.4 is 20.3 Å². The molecule has 1 aromatic heterocycles. The smallest absolute Gasteiger partial charge is 0.257 e. The van der Waals surface area contributed by atoms with Gasteiger partial charge in [-0.25, -0.2) is 0 Å². The van der Waals surface area contributed by atoms with Gasteiger partial charge in [0.2, 0.25) is 5.56 Å². The van der Waals surface area contributed by atoms with Crippen LogP contribution >= 0.6 is 0 Å². The molecule has 6 nitrogen and oxygen atoms in total. The van der Waals surface area contributed by atoms with Gasteiger partial charge in [-0.05, 0) is 31.0 Å². The summed E-state index contributed by atoms with van der Waals surface area (Å²) in [5, 5.41) is 2.79. The second-order valence-electron chi connectivity index (χ2n) is 5.88. The highest BCUT2D eigenvalue weighted by Crippen LogP contribution is 2.47. The van der Waals surface area contributed by atoms with Crippen molar-refractivity contribution in [2.24, 2.45) is 0 Å². The number of carbonyl (C=O) groups excluding carboxylic acids is 1. The summed E-state index contributed by atoms with van der Waals surface area (Å²) >= 11 is 0. The number of ether oxygens (including phenoxy) is 2. The Morgan fingerprint density at radius 3 is 2.61 bits per heavy atom. The molecule has 1 fully saturated rings. The van der Waals surface area contributed by atoms with Gasteiger partial charge in [0.1, 0.15) is 0 Å². The van der Waals surface area contributed by atoms with Gasteiger partial charge < -0.3 is 19.8 Å². The first-order chi connectivity index (χ1) is 11.1. The summed E-state index contributed by atoms with van der Waals surface area (Å²) in [4.78, 5) is 25.7. The summed E-state index contributed by atoms with van der Waals surface area (Å²) in [5.41, 5.74) is 0.764. The van der Waals surface area contributed by atoms with Crippen LogP contribution in [0.5, 0.6) is 11.5 Å². The number of aromatic amines is 1. The minimum atomic E-state index is -0.510. The number of carbonyl (C=O) groups is 1. The second kappa shape index (κ2) is 5.15. The largest absolute Gasteiger partial charge is 0.448 e.